The normalized spacial score (nSPS) is 14.9. The minimum Gasteiger partial charge on any atom is -0.506 e. The van der Waals surface area contributed by atoms with Gasteiger partial charge in [0.05, 0.1) is 5.69 Å². The highest BCUT2D eigenvalue weighted by Crippen LogP contribution is 2.47. The van der Waals surface area contributed by atoms with Crippen LogP contribution in [0.3, 0.4) is 0 Å². The van der Waals surface area contributed by atoms with Crippen LogP contribution in [0.5, 0.6) is 5.75 Å². The molecule has 1 aliphatic rings. The predicted molar refractivity (Wildman–Crippen MR) is 104 cm³/mol. The molecule has 0 atom stereocenters. The molecule has 2 aromatic rings. The van der Waals surface area contributed by atoms with Gasteiger partial charge in [0.1, 0.15) is 5.75 Å². The van der Waals surface area contributed by atoms with Crippen molar-refractivity contribution < 1.29 is 5.11 Å². The van der Waals surface area contributed by atoms with Gasteiger partial charge in [0.2, 0.25) is 0 Å². The smallest absolute Gasteiger partial charge is 0.138 e. The molecule has 128 valence electrons. The lowest BCUT2D eigenvalue weighted by molar-refractivity contribution is 0.478. The lowest BCUT2D eigenvalue weighted by Gasteiger charge is -2.24. The second-order valence-electron chi connectivity index (χ2n) is 6.83. The SMILES string of the molecule is C=C1N(CC)c2cc(C)c(C)cc2C1(C)C.Nc1ccccc1O. The van der Waals surface area contributed by atoms with Crippen molar-refractivity contribution in [1.29, 1.82) is 0 Å². The Morgan fingerprint density at radius 1 is 1.12 bits per heavy atom. The second-order valence-corrected chi connectivity index (χ2v) is 6.83. The number of hydrogen-bond acceptors (Lipinski definition) is 3. The van der Waals surface area contributed by atoms with Crippen molar-refractivity contribution in [3.63, 3.8) is 0 Å². The largest absolute Gasteiger partial charge is 0.506 e. The molecule has 3 heteroatoms. The Morgan fingerprint density at radius 2 is 1.71 bits per heavy atom. The number of likely N-dealkylation sites (N-methyl/N-ethyl adjacent to an activating group) is 1. The van der Waals surface area contributed by atoms with Gasteiger partial charge in [-0.25, -0.2) is 0 Å². The summed E-state index contributed by atoms with van der Waals surface area (Å²) in [7, 11) is 0. The van der Waals surface area contributed by atoms with Gasteiger partial charge in [-0.05, 0) is 55.7 Å². The molecule has 0 aromatic heterocycles. The zero-order chi connectivity index (χ0) is 18.1. The van der Waals surface area contributed by atoms with E-state index in [0.29, 0.717) is 5.69 Å². The van der Waals surface area contributed by atoms with Gasteiger partial charge in [0, 0.05) is 23.3 Å². The van der Waals surface area contributed by atoms with Gasteiger partial charge >= 0.3 is 0 Å². The van der Waals surface area contributed by atoms with Crippen LogP contribution < -0.4 is 10.6 Å². The van der Waals surface area contributed by atoms with Gasteiger partial charge in [-0.2, -0.15) is 0 Å². The van der Waals surface area contributed by atoms with Crippen LogP contribution in [0.15, 0.2) is 48.7 Å². The van der Waals surface area contributed by atoms with Crippen LogP contribution in [-0.2, 0) is 5.41 Å². The van der Waals surface area contributed by atoms with Gasteiger partial charge in [-0.3, -0.25) is 0 Å². The Kier molecular flexibility index (Phi) is 4.93. The number of aromatic hydroxyl groups is 1. The zero-order valence-electron chi connectivity index (χ0n) is 15.4. The first-order valence-corrected chi connectivity index (χ1v) is 8.32. The number of phenols is 1. The van der Waals surface area contributed by atoms with E-state index in [1.807, 2.05) is 0 Å². The molecule has 3 rings (SSSR count). The van der Waals surface area contributed by atoms with E-state index in [4.69, 9.17) is 10.8 Å². The Bertz CT molecular complexity index is 741. The molecule has 1 heterocycles. The molecule has 3 nitrogen and oxygen atoms in total. The Morgan fingerprint density at radius 3 is 2.21 bits per heavy atom. The molecule has 2 aromatic carbocycles. The van der Waals surface area contributed by atoms with Crippen LogP contribution in [0.4, 0.5) is 11.4 Å². The van der Waals surface area contributed by atoms with E-state index in [1.54, 1.807) is 24.3 Å². The van der Waals surface area contributed by atoms with Crippen LogP contribution in [0.25, 0.3) is 0 Å². The molecule has 0 saturated heterocycles. The molecule has 0 saturated carbocycles. The third-order valence-electron chi connectivity index (χ3n) is 4.88. The number of allylic oxidation sites excluding steroid dienone is 1. The second kappa shape index (κ2) is 6.60. The van der Waals surface area contributed by atoms with Gasteiger partial charge in [-0.15, -0.1) is 0 Å². The number of anilines is 2. The summed E-state index contributed by atoms with van der Waals surface area (Å²) in [6, 6.07) is 11.3. The Hall–Kier alpha value is -2.42. The van der Waals surface area contributed by atoms with Gasteiger partial charge in [0.15, 0.2) is 0 Å². The van der Waals surface area contributed by atoms with E-state index in [-0.39, 0.29) is 11.2 Å². The molecule has 0 unspecified atom stereocenters. The quantitative estimate of drug-likeness (QED) is 0.579. The molecule has 0 aliphatic carbocycles. The van der Waals surface area contributed by atoms with Crippen LogP contribution in [-0.4, -0.2) is 11.7 Å². The van der Waals surface area contributed by atoms with Crippen molar-refractivity contribution in [2.24, 2.45) is 0 Å². The Balaban J connectivity index is 0.000000219. The molecule has 0 fully saturated rings. The first kappa shape index (κ1) is 17.9. The number of aryl methyl sites for hydroxylation is 2. The number of nitrogens with two attached hydrogens (primary N) is 1. The van der Waals surface area contributed by atoms with E-state index < -0.39 is 0 Å². The summed E-state index contributed by atoms with van der Waals surface area (Å²) in [5.74, 6) is 0.146. The summed E-state index contributed by atoms with van der Waals surface area (Å²) in [4.78, 5) is 2.34. The van der Waals surface area contributed by atoms with Crippen LogP contribution in [0.2, 0.25) is 0 Å². The average molecular weight is 324 g/mol. The molecule has 0 spiro atoms. The third kappa shape index (κ3) is 3.12. The van der Waals surface area contributed by atoms with Crippen molar-refractivity contribution in [3.8, 4) is 5.75 Å². The Labute approximate surface area is 145 Å². The number of hydrogen-bond donors (Lipinski definition) is 2. The maximum atomic E-state index is 8.79. The van der Waals surface area contributed by atoms with Crippen LogP contribution in [0, 0.1) is 13.8 Å². The maximum absolute atomic E-state index is 8.79. The van der Waals surface area contributed by atoms with Crippen molar-refractivity contribution >= 4 is 11.4 Å². The molecular formula is C21H28N2O. The van der Waals surface area contributed by atoms with Gasteiger partial charge in [-0.1, -0.05) is 38.6 Å². The van der Waals surface area contributed by atoms with Gasteiger partial charge in [0.25, 0.3) is 0 Å². The van der Waals surface area contributed by atoms with E-state index in [2.05, 4.69) is 58.2 Å². The van der Waals surface area contributed by atoms with E-state index in [1.165, 1.54) is 28.1 Å². The third-order valence-corrected chi connectivity index (χ3v) is 4.88. The van der Waals surface area contributed by atoms with Crippen LogP contribution >= 0.6 is 0 Å². The van der Waals surface area contributed by atoms with E-state index in [0.717, 1.165) is 6.54 Å². The average Bonchev–Trinajstić information content (AvgIpc) is 2.71. The number of nitrogen functional groups attached to an aromatic ring is 1. The minimum absolute atomic E-state index is 0.0732. The number of phenolic OH excluding ortho intramolecular Hbond substituents is 1. The van der Waals surface area contributed by atoms with Crippen molar-refractivity contribution in [2.75, 3.05) is 17.2 Å². The van der Waals surface area contributed by atoms with Crippen LogP contribution in [0.1, 0.15) is 37.5 Å². The maximum Gasteiger partial charge on any atom is 0.138 e. The molecule has 0 bridgehead atoms. The van der Waals surface area contributed by atoms with E-state index in [9.17, 15) is 0 Å². The predicted octanol–water partition coefficient (Wildman–Crippen LogP) is 4.91. The summed E-state index contributed by atoms with van der Waals surface area (Å²) in [5.41, 5.74) is 12.5. The summed E-state index contributed by atoms with van der Waals surface area (Å²) in [5, 5.41) is 8.79. The standard InChI is InChI=1S/C15H21N.C6H7NO/c1-7-16-12(4)15(5,6)13-8-10(2)11(3)9-14(13)16;7-5-3-1-2-4-6(5)8/h8-9H,4,7H2,1-3,5-6H3;1-4,8H,7H2. The number of para-hydroxylation sites is 2. The minimum atomic E-state index is 0.0732. The summed E-state index contributed by atoms with van der Waals surface area (Å²) >= 11 is 0. The monoisotopic (exact) mass is 324 g/mol. The highest BCUT2D eigenvalue weighted by atomic mass is 16.3. The summed E-state index contributed by atoms with van der Waals surface area (Å²) in [6.07, 6.45) is 0. The molecule has 1 aliphatic heterocycles. The molecule has 0 amide bonds. The molecule has 3 N–H and O–H groups in total. The fourth-order valence-electron chi connectivity index (χ4n) is 3.01. The topological polar surface area (TPSA) is 49.5 Å². The number of benzene rings is 2. The first-order chi connectivity index (χ1) is 11.2. The summed E-state index contributed by atoms with van der Waals surface area (Å²) in [6.45, 7) is 16.3. The van der Waals surface area contributed by atoms with E-state index >= 15 is 0 Å². The lowest BCUT2D eigenvalue weighted by Crippen LogP contribution is -2.24. The van der Waals surface area contributed by atoms with Crippen molar-refractivity contribution in [3.05, 3.63) is 65.4 Å². The highest BCUT2D eigenvalue weighted by molar-refractivity contribution is 5.71. The number of fused-ring (bicyclic) bond motifs is 1. The highest BCUT2D eigenvalue weighted by Gasteiger charge is 2.38. The van der Waals surface area contributed by atoms with Crippen molar-refractivity contribution in [1.82, 2.24) is 0 Å². The van der Waals surface area contributed by atoms with Gasteiger partial charge < -0.3 is 15.7 Å². The number of rotatable bonds is 1. The lowest BCUT2D eigenvalue weighted by atomic mass is 9.83. The fourth-order valence-corrected chi connectivity index (χ4v) is 3.01. The first-order valence-electron chi connectivity index (χ1n) is 8.32. The zero-order valence-corrected chi connectivity index (χ0v) is 15.4. The summed E-state index contributed by atoms with van der Waals surface area (Å²) < 4.78 is 0. The van der Waals surface area contributed by atoms with Crippen molar-refractivity contribution in [2.45, 2.75) is 40.0 Å². The molecular weight excluding hydrogens is 296 g/mol. The molecule has 0 radical (unpaired) electrons. The molecule has 24 heavy (non-hydrogen) atoms. The number of nitrogens with zero attached hydrogens (tertiary/aromatic N) is 1. The fraction of sp³-hybridized carbons (Fsp3) is 0.333.